The van der Waals surface area contributed by atoms with E-state index in [4.69, 9.17) is 4.74 Å². The summed E-state index contributed by atoms with van der Waals surface area (Å²) in [4.78, 5) is 12.2. The first-order chi connectivity index (χ1) is 13.1. The number of hydrogen-bond donors (Lipinski definition) is 2. The van der Waals surface area contributed by atoms with Gasteiger partial charge in [-0.3, -0.25) is 4.79 Å². The van der Waals surface area contributed by atoms with Gasteiger partial charge < -0.3 is 15.4 Å². The van der Waals surface area contributed by atoms with Gasteiger partial charge in [0.1, 0.15) is 5.75 Å². The van der Waals surface area contributed by atoms with Crippen molar-refractivity contribution in [3.63, 3.8) is 0 Å². The zero-order valence-corrected chi connectivity index (χ0v) is 15.4. The van der Waals surface area contributed by atoms with Gasteiger partial charge in [-0.15, -0.1) is 10.2 Å². The molecule has 2 aromatic carbocycles. The molecular formula is C21H22N4O2. The lowest BCUT2D eigenvalue weighted by Crippen LogP contribution is -2.26. The minimum absolute atomic E-state index is 0.243. The number of ether oxygens (including phenoxy) is 1. The van der Waals surface area contributed by atoms with Crippen molar-refractivity contribution in [2.75, 3.05) is 19.0 Å². The Kier molecular flexibility index (Phi) is 5.99. The molecule has 0 fully saturated rings. The molecule has 1 aromatic heterocycles. The number of nitrogens with zero attached hydrogens (tertiary/aromatic N) is 2. The van der Waals surface area contributed by atoms with E-state index in [1.165, 1.54) is 0 Å². The molecule has 0 aliphatic heterocycles. The van der Waals surface area contributed by atoms with E-state index in [-0.39, 0.29) is 11.6 Å². The van der Waals surface area contributed by atoms with Crippen molar-refractivity contribution in [1.82, 2.24) is 15.5 Å². The fraction of sp³-hybridized carbons (Fsp3) is 0.190. The first-order valence-electron chi connectivity index (χ1n) is 8.72. The molecule has 2 N–H and O–H groups in total. The molecule has 0 bridgehead atoms. The van der Waals surface area contributed by atoms with Crippen LogP contribution >= 0.6 is 0 Å². The normalized spacial score (nSPS) is 10.3. The summed E-state index contributed by atoms with van der Waals surface area (Å²) >= 11 is 0. The average molecular weight is 362 g/mol. The average Bonchev–Trinajstić information content (AvgIpc) is 2.69. The van der Waals surface area contributed by atoms with Crippen molar-refractivity contribution in [1.29, 1.82) is 0 Å². The standard InChI is InChI=1S/C21H22N4O2/c1-15-5-3-7-17(13-15)23-20-10-9-19(24-25-20)21(26)22-12-11-16-6-4-8-18(14-16)27-2/h3-10,13-14H,11-12H2,1-2H3,(H,22,26)(H,23,25). The second-order valence-corrected chi connectivity index (χ2v) is 6.16. The summed E-state index contributed by atoms with van der Waals surface area (Å²) in [6.45, 7) is 2.53. The summed E-state index contributed by atoms with van der Waals surface area (Å²) in [7, 11) is 1.64. The smallest absolute Gasteiger partial charge is 0.271 e. The molecule has 0 atom stereocenters. The fourth-order valence-corrected chi connectivity index (χ4v) is 2.63. The van der Waals surface area contributed by atoms with E-state index >= 15 is 0 Å². The fourth-order valence-electron chi connectivity index (χ4n) is 2.63. The molecule has 0 saturated carbocycles. The summed E-state index contributed by atoms with van der Waals surface area (Å²) in [5.41, 5.74) is 3.47. The third-order valence-electron chi connectivity index (χ3n) is 4.02. The molecule has 1 heterocycles. The maximum absolute atomic E-state index is 12.2. The molecule has 0 radical (unpaired) electrons. The van der Waals surface area contributed by atoms with E-state index in [9.17, 15) is 4.79 Å². The summed E-state index contributed by atoms with van der Waals surface area (Å²) < 4.78 is 5.20. The number of aromatic nitrogens is 2. The van der Waals surface area contributed by atoms with Crippen LogP contribution in [0.1, 0.15) is 21.6 Å². The molecular weight excluding hydrogens is 340 g/mol. The van der Waals surface area contributed by atoms with E-state index < -0.39 is 0 Å². The van der Waals surface area contributed by atoms with Crippen LogP contribution in [0.5, 0.6) is 5.75 Å². The topological polar surface area (TPSA) is 76.1 Å². The first-order valence-corrected chi connectivity index (χ1v) is 8.72. The number of anilines is 2. The zero-order chi connectivity index (χ0) is 19.1. The van der Waals surface area contributed by atoms with E-state index in [0.29, 0.717) is 18.8 Å². The van der Waals surface area contributed by atoms with Crippen LogP contribution in [0.4, 0.5) is 11.5 Å². The summed E-state index contributed by atoms with van der Waals surface area (Å²) in [6, 6.07) is 19.1. The highest BCUT2D eigenvalue weighted by Gasteiger charge is 2.08. The summed E-state index contributed by atoms with van der Waals surface area (Å²) in [6.07, 6.45) is 0.712. The van der Waals surface area contributed by atoms with Crippen LogP contribution in [0.15, 0.2) is 60.7 Å². The Morgan fingerprint density at radius 3 is 2.63 bits per heavy atom. The lowest BCUT2D eigenvalue weighted by Gasteiger charge is -2.08. The van der Waals surface area contributed by atoms with Gasteiger partial charge in [-0.1, -0.05) is 24.3 Å². The van der Waals surface area contributed by atoms with Crippen molar-refractivity contribution in [3.05, 3.63) is 77.5 Å². The van der Waals surface area contributed by atoms with E-state index in [1.807, 2.05) is 55.5 Å². The third-order valence-corrected chi connectivity index (χ3v) is 4.02. The molecule has 3 rings (SSSR count). The van der Waals surface area contributed by atoms with Crippen molar-refractivity contribution < 1.29 is 9.53 Å². The Morgan fingerprint density at radius 1 is 1.04 bits per heavy atom. The molecule has 0 unspecified atom stereocenters. The Morgan fingerprint density at radius 2 is 1.89 bits per heavy atom. The lowest BCUT2D eigenvalue weighted by molar-refractivity contribution is 0.0948. The SMILES string of the molecule is COc1cccc(CCNC(=O)c2ccc(Nc3cccc(C)c3)nn2)c1. The monoisotopic (exact) mass is 362 g/mol. The number of amides is 1. The van der Waals surface area contributed by atoms with E-state index in [1.54, 1.807) is 19.2 Å². The minimum Gasteiger partial charge on any atom is -0.497 e. The maximum atomic E-state index is 12.2. The molecule has 27 heavy (non-hydrogen) atoms. The van der Waals surface area contributed by atoms with Gasteiger partial charge in [0.15, 0.2) is 11.5 Å². The molecule has 0 aliphatic carbocycles. The van der Waals surface area contributed by atoms with Crippen LogP contribution in [0.25, 0.3) is 0 Å². The number of aryl methyl sites for hydroxylation is 1. The highest BCUT2D eigenvalue weighted by atomic mass is 16.5. The Hall–Kier alpha value is -3.41. The van der Waals surface area contributed by atoms with Crippen molar-refractivity contribution in [2.24, 2.45) is 0 Å². The number of carbonyl (C=O) groups excluding carboxylic acids is 1. The van der Waals surface area contributed by atoms with Crippen LogP contribution < -0.4 is 15.4 Å². The van der Waals surface area contributed by atoms with Crippen molar-refractivity contribution in [3.8, 4) is 5.75 Å². The molecule has 138 valence electrons. The number of benzene rings is 2. The molecule has 0 saturated heterocycles. The molecule has 0 spiro atoms. The van der Waals surface area contributed by atoms with Gasteiger partial charge in [-0.05, 0) is 60.9 Å². The second kappa shape index (κ2) is 8.80. The van der Waals surface area contributed by atoms with Crippen LogP contribution in [0.2, 0.25) is 0 Å². The maximum Gasteiger partial charge on any atom is 0.271 e. The number of nitrogens with one attached hydrogen (secondary N) is 2. The minimum atomic E-state index is -0.243. The van der Waals surface area contributed by atoms with Crippen LogP contribution in [-0.2, 0) is 6.42 Å². The second-order valence-electron chi connectivity index (χ2n) is 6.16. The first kappa shape index (κ1) is 18.4. The largest absolute Gasteiger partial charge is 0.497 e. The van der Waals surface area contributed by atoms with E-state index in [0.717, 1.165) is 22.6 Å². The molecule has 6 heteroatoms. The molecule has 3 aromatic rings. The Balaban J connectivity index is 1.52. The summed E-state index contributed by atoms with van der Waals surface area (Å²) in [5, 5.41) is 14.1. The van der Waals surface area contributed by atoms with E-state index in [2.05, 4.69) is 20.8 Å². The number of rotatable bonds is 7. The van der Waals surface area contributed by atoms with Gasteiger partial charge in [-0.25, -0.2) is 0 Å². The van der Waals surface area contributed by atoms with Crippen molar-refractivity contribution >= 4 is 17.4 Å². The summed E-state index contributed by atoms with van der Waals surface area (Å²) in [5.74, 6) is 1.16. The van der Waals surface area contributed by atoms with Gasteiger partial charge in [0.2, 0.25) is 0 Å². The molecule has 0 aliphatic rings. The van der Waals surface area contributed by atoms with Gasteiger partial charge in [0.05, 0.1) is 7.11 Å². The Labute approximate surface area is 158 Å². The lowest BCUT2D eigenvalue weighted by atomic mass is 10.1. The van der Waals surface area contributed by atoms with Gasteiger partial charge in [0, 0.05) is 12.2 Å². The predicted octanol–water partition coefficient (Wildman–Crippen LogP) is 3.51. The number of carbonyl (C=O) groups is 1. The van der Waals surface area contributed by atoms with Crippen molar-refractivity contribution in [2.45, 2.75) is 13.3 Å². The number of hydrogen-bond acceptors (Lipinski definition) is 5. The van der Waals surface area contributed by atoms with Crippen LogP contribution in [0.3, 0.4) is 0 Å². The highest BCUT2D eigenvalue weighted by Crippen LogP contribution is 2.15. The van der Waals surface area contributed by atoms with Gasteiger partial charge >= 0.3 is 0 Å². The van der Waals surface area contributed by atoms with Gasteiger partial charge in [0.25, 0.3) is 5.91 Å². The quantitative estimate of drug-likeness (QED) is 0.673. The van der Waals surface area contributed by atoms with Gasteiger partial charge in [-0.2, -0.15) is 0 Å². The third kappa shape index (κ3) is 5.28. The van der Waals surface area contributed by atoms with Crippen LogP contribution in [-0.4, -0.2) is 29.8 Å². The number of methoxy groups -OCH3 is 1. The Bertz CT molecular complexity index is 910. The van der Waals surface area contributed by atoms with Crippen LogP contribution in [0, 0.1) is 6.92 Å². The highest BCUT2D eigenvalue weighted by molar-refractivity contribution is 5.92. The zero-order valence-electron chi connectivity index (χ0n) is 15.4. The predicted molar refractivity (Wildman–Crippen MR) is 106 cm³/mol. The molecule has 6 nitrogen and oxygen atoms in total. The molecule has 1 amide bonds.